The second-order valence-corrected chi connectivity index (χ2v) is 10.0. The highest BCUT2D eigenvalue weighted by atomic mass is 35.5. The van der Waals surface area contributed by atoms with E-state index < -0.39 is 0 Å². The summed E-state index contributed by atoms with van der Waals surface area (Å²) < 4.78 is 0. The van der Waals surface area contributed by atoms with Crippen LogP contribution in [-0.4, -0.2) is 60.3 Å². The van der Waals surface area contributed by atoms with E-state index in [0.717, 1.165) is 74.2 Å². The second-order valence-electron chi connectivity index (χ2n) is 9.60. The molecule has 182 valence electrons. The molecule has 3 aromatic rings. The number of hydrogen-bond acceptors (Lipinski definition) is 5. The molecule has 1 aromatic heterocycles. The molecule has 5 rings (SSSR count). The van der Waals surface area contributed by atoms with Crippen molar-refractivity contribution in [3.05, 3.63) is 70.7 Å². The van der Waals surface area contributed by atoms with Gasteiger partial charge >= 0.3 is 0 Å². The predicted octanol–water partition coefficient (Wildman–Crippen LogP) is 4.98. The van der Waals surface area contributed by atoms with Crippen molar-refractivity contribution < 1.29 is 4.79 Å². The van der Waals surface area contributed by atoms with Gasteiger partial charge in [-0.2, -0.15) is 0 Å². The van der Waals surface area contributed by atoms with Gasteiger partial charge in [-0.1, -0.05) is 41.9 Å². The Labute approximate surface area is 212 Å². The lowest BCUT2D eigenvalue weighted by Gasteiger charge is -2.40. The lowest BCUT2D eigenvalue weighted by molar-refractivity contribution is -0.136. The van der Waals surface area contributed by atoms with Gasteiger partial charge in [0.1, 0.15) is 0 Å². The molecule has 0 N–H and O–H groups in total. The molecule has 0 aliphatic carbocycles. The monoisotopic (exact) mass is 489 g/mol. The van der Waals surface area contributed by atoms with Gasteiger partial charge in [-0.15, -0.1) is 10.2 Å². The third-order valence-corrected chi connectivity index (χ3v) is 7.58. The van der Waals surface area contributed by atoms with Gasteiger partial charge in [-0.05, 0) is 62.1 Å². The van der Waals surface area contributed by atoms with E-state index in [0.29, 0.717) is 5.91 Å². The van der Waals surface area contributed by atoms with Crippen LogP contribution in [0.3, 0.4) is 0 Å². The molecule has 1 amide bonds. The first kappa shape index (κ1) is 23.6. The van der Waals surface area contributed by atoms with E-state index in [9.17, 15) is 4.79 Å². The standard InChI is InChI=1S/C28H32ClN5O/c1-20-5-3-4-6-24(20)25-9-10-27(31-30-25)33-13-11-22(12-14-33)28(35)34-17-15-32(16-18-34)26-19-23(29)8-7-21(26)2/h3-10,19,22H,11-18H2,1-2H3. The van der Waals surface area contributed by atoms with Gasteiger partial charge in [0.15, 0.2) is 5.82 Å². The highest BCUT2D eigenvalue weighted by Gasteiger charge is 2.31. The van der Waals surface area contributed by atoms with Crippen LogP contribution < -0.4 is 9.80 Å². The molecular formula is C28H32ClN5O. The summed E-state index contributed by atoms with van der Waals surface area (Å²) in [7, 11) is 0. The Morgan fingerprint density at radius 3 is 2.26 bits per heavy atom. The lowest BCUT2D eigenvalue weighted by Crippen LogP contribution is -2.52. The van der Waals surface area contributed by atoms with Crippen LogP contribution >= 0.6 is 11.6 Å². The highest BCUT2D eigenvalue weighted by molar-refractivity contribution is 6.30. The van der Waals surface area contributed by atoms with Gasteiger partial charge in [-0.3, -0.25) is 4.79 Å². The molecule has 0 radical (unpaired) electrons. The van der Waals surface area contributed by atoms with Crippen molar-refractivity contribution in [2.24, 2.45) is 5.92 Å². The first-order valence-electron chi connectivity index (χ1n) is 12.4. The molecule has 2 saturated heterocycles. The van der Waals surface area contributed by atoms with E-state index in [2.05, 4.69) is 52.0 Å². The maximum absolute atomic E-state index is 13.2. The number of halogens is 1. The molecule has 0 saturated carbocycles. The summed E-state index contributed by atoms with van der Waals surface area (Å²) in [6.45, 7) is 9.06. The normalized spacial score (nSPS) is 17.1. The fraction of sp³-hybridized carbons (Fsp3) is 0.393. The molecule has 2 aliphatic rings. The maximum atomic E-state index is 13.2. The molecule has 2 aromatic carbocycles. The smallest absolute Gasteiger partial charge is 0.225 e. The summed E-state index contributed by atoms with van der Waals surface area (Å²) in [5, 5.41) is 9.73. The summed E-state index contributed by atoms with van der Waals surface area (Å²) in [6.07, 6.45) is 1.71. The highest BCUT2D eigenvalue weighted by Crippen LogP contribution is 2.28. The molecule has 0 atom stereocenters. The van der Waals surface area contributed by atoms with Crippen molar-refractivity contribution >= 4 is 29.0 Å². The first-order valence-corrected chi connectivity index (χ1v) is 12.8. The fourth-order valence-corrected chi connectivity index (χ4v) is 5.37. The largest absolute Gasteiger partial charge is 0.368 e. The summed E-state index contributed by atoms with van der Waals surface area (Å²) in [5.74, 6) is 1.27. The van der Waals surface area contributed by atoms with Gasteiger partial charge in [0.25, 0.3) is 0 Å². The van der Waals surface area contributed by atoms with Crippen LogP contribution in [0.5, 0.6) is 0 Å². The van der Waals surface area contributed by atoms with Crippen LogP contribution in [0.4, 0.5) is 11.5 Å². The molecule has 2 aliphatic heterocycles. The molecular weight excluding hydrogens is 458 g/mol. The Morgan fingerprint density at radius 1 is 0.829 bits per heavy atom. The van der Waals surface area contributed by atoms with E-state index in [1.54, 1.807) is 0 Å². The SMILES string of the molecule is Cc1ccccc1-c1ccc(N2CCC(C(=O)N3CCN(c4cc(Cl)ccc4C)CC3)CC2)nn1. The van der Waals surface area contributed by atoms with Crippen molar-refractivity contribution in [1.29, 1.82) is 0 Å². The summed E-state index contributed by atoms with van der Waals surface area (Å²) in [4.78, 5) is 19.9. The third kappa shape index (κ3) is 5.13. The van der Waals surface area contributed by atoms with Crippen molar-refractivity contribution in [3.63, 3.8) is 0 Å². The zero-order valence-electron chi connectivity index (χ0n) is 20.5. The van der Waals surface area contributed by atoms with Crippen molar-refractivity contribution in [3.8, 4) is 11.3 Å². The zero-order valence-corrected chi connectivity index (χ0v) is 21.2. The third-order valence-electron chi connectivity index (χ3n) is 7.34. The number of aryl methyl sites for hydroxylation is 2. The summed E-state index contributed by atoms with van der Waals surface area (Å²) >= 11 is 6.21. The van der Waals surface area contributed by atoms with Crippen LogP contribution in [0.25, 0.3) is 11.3 Å². The zero-order chi connectivity index (χ0) is 24.4. The molecule has 2 fully saturated rings. The molecule has 6 nitrogen and oxygen atoms in total. The van der Waals surface area contributed by atoms with Gasteiger partial charge in [0.05, 0.1) is 5.69 Å². The number of hydrogen-bond donors (Lipinski definition) is 0. The molecule has 3 heterocycles. The number of aromatic nitrogens is 2. The molecule has 35 heavy (non-hydrogen) atoms. The Hall–Kier alpha value is -3.12. The minimum absolute atomic E-state index is 0.0879. The summed E-state index contributed by atoms with van der Waals surface area (Å²) in [5.41, 5.74) is 5.59. The van der Waals surface area contributed by atoms with Crippen molar-refractivity contribution in [2.75, 3.05) is 49.1 Å². The van der Waals surface area contributed by atoms with E-state index in [4.69, 9.17) is 11.6 Å². The number of anilines is 2. The van der Waals surface area contributed by atoms with Crippen LogP contribution in [0.15, 0.2) is 54.6 Å². The van der Waals surface area contributed by atoms with E-state index in [-0.39, 0.29) is 5.92 Å². The van der Waals surface area contributed by atoms with Crippen LogP contribution in [-0.2, 0) is 4.79 Å². The number of amides is 1. The van der Waals surface area contributed by atoms with Gasteiger partial charge in [0, 0.05) is 61.5 Å². The van der Waals surface area contributed by atoms with Crippen molar-refractivity contribution in [1.82, 2.24) is 15.1 Å². The van der Waals surface area contributed by atoms with Crippen LogP contribution in [0.1, 0.15) is 24.0 Å². The number of piperazine rings is 1. The number of piperidine rings is 1. The Kier molecular flexibility index (Phi) is 6.91. The summed E-state index contributed by atoms with van der Waals surface area (Å²) in [6, 6.07) is 18.3. The fourth-order valence-electron chi connectivity index (χ4n) is 5.20. The Morgan fingerprint density at radius 2 is 1.57 bits per heavy atom. The minimum atomic E-state index is 0.0879. The number of carbonyl (C=O) groups is 1. The molecule has 7 heteroatoms. The number of carbonyl (C=O) groups excluding carboxylic acids is 1. The number of rotatable bonds is 4. The van der Waals surface area contributed by atoms with Gasteiger partial charge < -0.3 is 14.7 Å². The Balaban J connectivity index is 1.14. The van der Waals surface area contributed by atoms with Crippen LogP contribution in [0.2, 0.25) is 5.02 Å². The predicted molar refractivity (Wildman–Crippen MR) is 142 cm³/mol. The quantitative estimate of drug-likeness (QED) is 0.517. The second kappa shape index (κ2) is 10.2. The van der Waals surface area contributed by atoms with E-state index >= 15 is 0 Å². The van der Waals surface area contributed by atoms with Crippen LogP contribution in [0, 0.1) is 19.8 Å². The maximum Gasteiger partial charge on any atom is 0.225 e. The Bertz CT molecular complexity index is 1180. The number of benzene rings is 2. The average Bonchev–Trinajstić information content (AvgIpc) is 2.90. The average molecular weight is 490 g/mol. The minimum Gasteiger partial charge on any atom is -0.368 e. The topological polar surface area (TPSA) is 52.6 Å². The molecule has 0 spiro atoms. The van der Waals surface area contributed by atoms with Gasteiger partial charge in [-0.25, -0.2) is 0 Å². The van der Waals surface area contributed by atoms with Crippen molar-refractivity contribution in [2.45, 2.75) is 26.7 Å². The van der Waals surface area contributed by atoms with Gasteiger partial charge in [0.2, 0.25) is 5.91 Å². The molecule has 0 bridgehead atoms. The first-order chi connectivity index (χ1) is 17.0. The lowest BCUT2D eigenvalue weighted by atomic mass is 9.95. The number of nitrogens with zero attached hydrogens (tertiary/aromatic N) is 5. The molecule has 0 unspecified atom stereocenters. The van der Waals surface area contributed by atoms with E-state index in [1.807, 2.05) is 41.3 Å². The van der Waals surface area contributed by atoms with E-state index in [1.165, 1.54) is 16.8 Å².